The van der Waals surface area contributed by atoms with Gasteiger partial charge < -0.3 is 15.5 Å². The lowest BCUT2D eigenvalue weighted by Crippen LogP contribution is -2.44. The maximum atomic E-state index is 12.4. The maximum absolute atomic E-state index is 12.4. The number of piperidine rings is 1. The molecule has 0 spiro atoms. The molecule has 0 aliphatic carbocycles. The molecule has 4 heteroatoms. The number of hydrogen-bond donors (Lipinski definition) is 1. The van der Waals surface area contributed by atoms with E-state index in [0.717, 1.165) is 51.0 Å². The van der Waals surface area contributed by atoms with Crippen molar-refractivity contribution in [3.8, 4) is 0 Å². The van der Waals surface area contributed by atoms with Crippen LogP contribution in [-0.4, -0.2) is 37.0 Å². The quantitative estimate of drug-likeness (QED) is 0.839. The minimum absolute atomic E-state index is 0.273. The molecule has 2 N–H and O–H groups in total. The minimum atomic E-state index is 0.273. The van der Waals surface area contributed by atoms with Crippen LogP contribution in [0, 0.1) is 0 Å². The van der Waals surface area contributed by atoms with Gasteiger partial charge in [0.15, 0.2) is 0 Å². The number of nitrogens with zero attached hydrogens (tertiary/aromatic N) is 2. The van der Waals surface area contributed by atoms with Crippen molar-refractivity contribution in [2.24, 2.45) is 0 Å². The molecule has 0 unspecified atom stereocenters. The van der Waals surface area contributed by atoms with Gasteiger partial charge in [-0.2, -0.15) is 0 Å². The first kappa shape index (κ1) is 13.3. The van der Waals surface area contributed by atoms with E-state index in [9.17, 15) is 4.79 Å². The van der Waals surface area contributed by atoms with Gasteiger partial charge in [0, 0.05) is 31.0 Å². The largest absolute Gasteiger partial charge is 0.399 e. The summed E-state index contributed by atoms with van der Waals surface area (Å²) in [5.41, 5.74) is 9.14. The van der Waals surface area contributed by atoms with E-state index >= 15 is 0 Å². The van der Waals surface area contributed by atoms with E-state index in [1.54, 1.807) is 0 Å². The molecule has 20 heavy (non-hydrogen) atoms. The molecule has 0 bridgehead atoms. The van der Waals surface area contributed by atoms with Crippen molar-refractivity contribution in [2.75, 3.05) is 36.8 Å². The molecule has 1 saturated heterocycles. The Morgan fingerprint density at radius 3 is 2.70 bits per heavy atom. The Balaban J connectivity index is 1.71. The molecule has 4 nitrogen and oxygen atoms in total. The summed E-state index contributed by atoms with van der Waals surface area (Å²) < 4.78 is 0. The number of carbonyl (C=O) groups is 1. The Hall–Kier alpha value is -1.71. The van der Waals surface area contributed by atoms with Gasteiger partial charge in [0.05, 0.1) is 6.54 Å². The number of likely N-dealkylation sites (tertiary alicyclic amines) is 1. The standard InChI is InChI=1S/C16H23N3O/c17-14-6-7-15-13(11-14)5-4-10-19(15)12-16(20)18-8-2-1-3-9-18/h6-7,11H,1-5,8-10,12,17H2. The Labute approximate surface area is 120 Å². The highest BCUT2D eigenvalue weighted by Gasteiger charge is 2.23. The van der Waals surface area contributed by atoms with Crippen LogP contribution in [0.3, 0.4) is 0 Å². The van der Waals surface area contributed by atoms with Gasteiger partial charge in [0.2, 0.25) is 5.91 Å². The monoisotopic (exact) mass is 273 g/mol. The number of benzene rings is 1. The van der Waals surface area contributed by atoms with Crippen LogP contribution >= 0.6 is 0 Å². The van der Waals surface area contributed by atoms with Crippen LogP contribution in [0.4, 0.5) is 11.4 Å². The summed E-state index contributed by atoms with van der Waals surface area (Å²) in [7, 11) is 0. The average molecular weight is 273 g/mol. The zero-order valence-electron chi connectivity index (χ0n) is 12.0. The molecule has 0 radical (unpaired) electrons. The van der Waals surface area contributed by atoms with E-state index in [2.05, 4.69) is 11.0 Å². The van der Waals surface area contributed by atoms with Gasteiger partial charge in [0.1, 0.15) is 0 Å². The first-order chi connectivity index (χ1) is 9.74. The van der Waals surface area contributed by atoms with Crippen LogP contribution in [0.15, 0.2) is 18.2 Å². The van der Waals surface area contributed by atoms with Crippen LogP contribution in [0.25, 0.3) is 0 Å². The van der Waals surface area contributed by atoms with E-state index in [4.69, 9.17) is 5.73 Å². The molecule has 0 aromatic heterocycles. The topological polar surface area (TPSA) is 49.6 Å². The lowest BCUT2D eigenvalue weighted by atomic mass is 10.0. The lowest BCUT2D eigenvalue weighted by molar-refractivity contribution is -0.130. The molecular weight excluding hydrogens is 250 g/mol. The fraction of sp³-hybridized carbons (Fsp3) is 0.562. The van der Waals surface area contributed by atoms with Crippen molar-refractivity contribution in [1.29, 1.82) is 0 Å². The first-order valence-corrected chi connectivity index (χ1v) is 7.65. The van der Waals surface area contributed by atoms with Crippen molar-refractivity contribution >= 4 is 17.3 Å². The fourth-order valence-corrected chi connectivity index (χ4v) is 3.27. The van der Waals surface area contributed by atoms with E-state index < -0.39 is 0 Å². The Morgan fingerprint density at radius 2 is 1.90 bits per heavy atom. The Kier molecular flexibility index (Phi) is 3.81. The number of amides is 1. The highest BCUT2D eigenvalue weighted by atomic mass is 16.2. The number of aryl methyl sites for hydroxylation is 1. The van der Waals surface area contributed by atoms with E-state index in [1.807, 2.05) is 17.0 Å². The summed E-state index contributed by atoms with van der Waals surface area (Å²) in [6, 6.07) is 6.04. The van der Waals surface area contributed by atoms with Gasteiger partial charge in [-0.05, 0) is 55.9 Å². The molecule has 1 aromatic rings. The summed E-state index contributed by atoms with van der Waals surface area (Å²) in [6.45, 7) is 3.34. The molecule has 1 fully saturated rings. The Morgan fingerprint density at radius 1 is 1.10 bits per heavy atom. The number of anilines is 2. The highest BCUT2D eigenvalue weighted by molar-refractivity contribution is 5.82. The molecule has 0 atom stereocenters. The van der Waals surface area contributed by atoms with Crippen molar-refractivity contribution < 1.29 is 4.79 Å². The maximum Gasteiger partial charge on any atom is 0.242 e. The molecule has 1 amide bonds. The smallest absolute Gasteiger partial charge is 0.242 e. The predicted molar refractivity (Wildman–Crippen MR) is 81.8 cm³/mol. The molecule has 2 aliphatic heterocycles. The zero-order chi connectivity index (χ0) is 13.9. The number of rotatable bonds is 2. The van der Waals surface area contributed by atoms with Crippen molar-refractivity contribution in [3.05, 3.63) is 23.8 Å². The minimum Gasteiger partial charge on any atom is -0.399 e. The van der Waals surface area contributed by atoms with Crippen molar-refractivity contribution in [2.45, 2.75) is 32.1 Å². The van der Waals surface area contributed by atoms with Gasteiger partial charge in [-0.3, -0.25) is 4.79 Å². The molecule has 1 aromatic carbocycles. The molecule has 2 heterocycles. The second-order valence-corrected chi connectivity index (χ2v) is 5.85. The van der Waals surface area contributed by atoms with Crippen molar-refractivity contribution in [3.63, 3.8) is 0 Å². The summed E-state index contributed by atoms with van der Waals surface area (Å²) in [6.07, 6.45) is 5.73. The van der Waals surface area contributed by atoms with E-state index in [0.29, 0.717) is 6.54 Å². The summed E-state index contributed by atoms with van der Waals surface area (Å²) >= 11 is 0. The highest BCUT2D eigenvalue weighted by Crippen LogP contribution is 2.28. The van der Waals surface area contributed by atoms with Crippen molar-refractivity contribution in [1.82, 2.24) is 4.90 Å². The predicted octanol–water partition coefficient (Wildman–Crippen LogP) is 2.03. The molecule has 108 valence electrons. The third-order valence-electron chi connectivity index (χ3n) is 4.35. The summed E-state index contributed by atoms with van der Waals surface area (Å²) in [5, 5.41) is 0. The third-order valence-corrected chi connectivity index (χ3v) is 4.35. The summed E-state index contributed by atoms with van der Waals surface area (Å²) in [5.74, 6) is 0.273. The number of fused-ring (bicyclic) bond motifs is 1. The number of carbonyl (C=O) groups excluding carboxylic acids is 1. The lowest BCUT2D eigenvalue weighted by Gasteiger charge is -2.34. The average Bonchev–Trinajstić information content (AvgIpc) is 2.48. The van der Waals surface area contributed by atoms with Gasteiger partial charge in [-0.25, -0.2) is 0 Å². The normalized spacial score (nSPS) is 18.8. The van der Waals surface area contributed by atoms with Gasteiger partial charge in [-0.15, -0.1) is 0 Å². The van der Waals surface area contributed by atoms with Crippen LogP contribution in [0.5, 0.6) is 0 Å². The van der Waals surface area contributed by atoms with Crippen LogP contribution in [0.1, 0.15) is 31.2 Å². The second-order valence-electron chi connectivity index (χ2n) is 5.85. The molecular formula is C16H23N3O. The fourth-order valence-electron chi connectivity index (χ4n) is 3.27. The number of nitrogens with two attached hydrogens (primary N) is 1. The first-order valence-electron chi connectivity index (χ1n) is 7.65. The van der Waals surface area contributed by atoms with Gasteiger partial charge in [-0.1, -0.05) is 0 Å². The number of nitrogen functional groups attached to an aromatic ring is 1. The number of hydrogen-bond acceptors (Lipinski definition) is 3. The second kappa shape index (κ2) is 5.73. The van der Waals surface area contributed by atoms with Gasteiger partial charge >= 0.3 is 0 Å². The molecule has 2 aliphatic rings. The Bertz CT molecular complexity index is 494. The van der Waals surface area contributed by atoms with Crippen LogP contribution in [0.2, 0.25) is 0 Å². The summed E-state index contributed by atoms with van der Waals surface area (Å²) in [4.78, 5) is 16.6. The molecule has 3 rings (SSSR count). The molecule has 0 saturated carbocycles. The van der Waals surface area contributed by atoms with E-state index in [-0.39, 0.29) is 5.91 Å². The van der Waals surface area contributed by atoms with Crippen LogP contribution in [-0.2, 0) is 11.2 Å². The third kappa shape index (κ3) is 2.74. The zero-order valence-corrected chi connectivity index (χ0v) is 12.0. The van der Waals surface area contributed by atoms with E-state index in [1.165, 1.54) is 17.7 Å². The van der Waals surface area contributed by atoms with Crippen LogP contribution < -0.4 is 10.6 Å². The SMILES string of the molecule is Nc1ccc2c(c1)CCCN2CC(=O)N1CCCCC1. The van der Waals surface area contributed by atoms with Gasteiger partial charge in [0.25, 0.3) is 0 Å².